The minimum atomic E-state index is -3.70. The highest BCUT2D eigenvalue weighted by Gasteiger charge is 2.25. The Labute approximate surface area is 300 Å². The second-order valence-corrected chi connectivity index (χ2v) is 17.6. The molecule has 0 aliphatic carbocycles. The highest BCUT2D eigenvalue weighted by Crippen LogP contribution is 2.41. The van der Waals surface area contributed by atoms with Gasteiger partial charge in [0.1, 0.15) is 0 Å². The topological polar surface area (TPSA) is 75.6 Å². The van der Waals surface area contributed by atoms with Crippen molar-refractivity contribution in [1.29, 1.82) is 0 Å². The minimum absolute atomic E-state index is 0.0242. The van der Waals surface area contributed by atoms with Gasteiger partial charge in [-0.2, -0.15) is 0 Å². The molecule has 0 aliphatic rings. The van der Waals surface area contributed by atoms with Gasteiger partial charge in [0, 0.05) is 6.42 Å². The number of hydrogen-bond acceptors (Lipinski definition) is 3. The summed E-state index contributed by atoms with van der Waals surface area (Å²) in [6.45, 7) is 5.17. The predicted octanol–water partition coefficient (Wildman–Crippen LogP) is 12.3. The normalized spacial score (nSPS) is 14.0. The van der Waals surface area contributed by atoms with Gasteiger partial charge in [-0.1, -0.05) is 180 Å². The van der Waals surface area contributed by atoms with E-state index in [2.05, 4.69) is 31.3 Å². The van der Waals surface area contributed by atoms with Crippen LogP contribution in [0.5, 0.6) is 0 Å². The molecular weight excluding hydrogens is 615 g/mol. The Balaban J connectivity index is 4.26. The molecule has 0 saturated heterocycles. The molecule has 0 bridgehead atoms. The van der Waals surface area contributed by atoms with Crippen LogP contribution in [0, 0.1) is 0 Å². The van der Waals surface area contributed by atoms with Crippen LogP contribution in [0.3, 0.4) is 0 Å². The van der Waals surface area contributed by atoms with Crippen molar-refractivity contribution >= 4 is 13.5 Å². The van der Waals surface area contributed by atoms with Crippen molar-refractivity contribution in [3.8, 4) is 0 Å². The van der Waals surface area contributed by atoms with E-state index in [4.69, 9.17) is 4.52 Å². The Hall–Kier alpha value is -0.680. The van der Waals surface area contributed by atoms with Crippen LogP contribution >= 0.6 is 7.60 Å². The fourth-order valence-electron chi connectivity index (χ4n) is 6.13. The largest absolute Gasteiger partial charge is 0.351 e. The van der Waals surface area contributed by atoms with Gasteiger partial charge in [0.15, 0.2) is 0 Å². The molecule has 1 amide bonds. The average molecular weight is 700 g/mol. The summed E-state index contributed by atoms with van der Waals surface area (Å²) in [4.78, 5) is 23.2. The second-order valence-electron chi connectivity index (χ2n) is 15.7. The molecule has 0 aromatic carbocycles. The van der Waals surface area contributed by atoms with Crippen molar-refractivity contribution in [2.24, 2.45) is 0 Å². The molecule has 0 rings (SSSR count). The first-order chi connectivity index (χ1) is 23.1. The van der Waals surface area contributed by atoms with Crippen LogP contribution in [0.4, 0.5) is 0 Å². The molecule has 2 atom stereocenters. The van der Waals surface area contributed by atoms with Crippen LogP contribution < -0.4 is 5.32 Å². The molecule has 48 heavy (non-hydrogen) atoms. The molecule has 0 aromatic rings. The van der Waals surface area contributed by atoms with Gasteiger partial charge < -0.3 is 19.2 Å². The first kappa shape index (κ1) is 47.3. The summed E-state index contributed by atoms with van der Waals surface area (Å²) < 4.78 is 18.8. The molecule has 0 aliphatic heterocycles. The van der Waals surface area contributed by atoms with Crippen molar-refractivity contribution in [1.82, 2.24) is 5.32 Å². The first-order valence-electron chi connectivity index (χ1n) is 20.8. The van der Waals surface area contributed by atoms with Crippen LogP contribution in [0.1, 0.15) is 200 Å². The van der Waals surface area contributed by atoms with E-state index in [1.54, 1.807) is 0 Å². The van der Waals surface area contributed by atoms with Crippen LogP contribution in [0.2, 0.25) is 0 Å². The highest BCUT2D eigenvalue weighted by atomic mass is 31.2. The molecule has 0 radical (unpaired) electrons. The number of carbonyl (C=O) groups is 1. The van der Waals surface area contributed by atoms with Crippen LogP contribution in [0.25, 0.3) is 0 Å². The fraction of sp³-hybridized carbons (Fsp3) is 0.927. The Kier molecular flexibility index (Phi) is 33.0. The van der Waals surface area contributed by atoms with Gasteiger partial charge in [-0.3, -0.25) is 9.36 Å². The molecule has 0 heterocycles. The summed E-state index contributed by atoms with van der Waals surface area (Å²) in [6, 6.07) is -0.285. The van der Waals surface area contributed by atoms with Gasteiger partial charge in [-0.15, -0.1) is 0 Å². The number of hydrogen-bond donors (Lipinski definition) is 2. The number of quaternary nitrogens is 1. The summed E-state index contributed by atoms with van der Waals surface area (Å²) in [5, 5.41) is 3.11. The Morgan fingerprint density at radius 2 is 1.04 bits per heavy atom. The SMILES string of the molecule is CCCCCCCCCCCCC/C=C/C[C@H](COP(=O)(O)CC[N+](C)(C)C)NC(=O)CCCCCCCCCCCCCCCCC. The lowest BCUT2D eigenvalue weighted by atomic mass is 10.0. The lowest BCUT2D eigenvalue weighted by molar-refractivity contribution is -0.867. The third-order valence-corrected chi connectivity index (χ3v) is 10.8. The maximum absolute atomic E-state index is 12.8. The van der Waals surface area contributed by atoms with E-state index in [1.807, 2.05) is 21.1 Å². The number of carbonyl (C=O) groups excluding carboxylic acids is 1. The maximum atomic E-state index is 12.8. The van der Waals surface area contributed by atoms with Gasteiger partial charge in [-0.25, -0.2) is 0 Å². The molecule has 286 valence electrons. The van der Waals surface area contributed by atoms with Crippen molar-refractivity contribution in [3.63, 3.8) is 0 Å². The Morgan fingerprint density at radius 3 is 1.46 bits per heavy atom. The lowest BCUT2D eigenvalue weighted by Crippen LogP contribution is -2.39. The Morgan fingerprint density at radius 1 is 0.646 bits per heavy atom. The van der Waals surface area contributed by atoms with Crippen molar-refractivity contribution in [3.05, 3.63) is 12.2 Å². The van der Waals surface area contributed by atoms with E-state index in [0.717, 1.165) is 19.3 Å². The fourth-order valence-corrected chi connectivity index (χ4v) is 7.52. The van der Waals surface area contributed by atoms with Gasteiger partial charge in [0.25, 0.3) is 0 Å². The summed E-state index contributed by atoms with van der Waals surface area (Å²) in [5.74, 6) is 0.0242. The van der Waals surface area contributed by atoms with E-state index in [0.29, 0.717) is 23.9 Å². The number of nitrogens with one attached hydrogen (secondary N) is 1. The standard InChI is InChI=1S/C41H83N2O4P/c1-6-8-10-12-14-16-18-20-22-24-26-28-30-32-34-36-41(44)42-40(39-47-48(45,46)38-37-43(3,4)5)35-33-31-29-27-25-23-21-19-17-15-13-11-9-7-2/h31,33,40H,6-30,32,34-39H2,1-5H3,(H-,42,44,45,46)/p+1/b33-31+/t40-/m1/s1. The first-order valence-corrected chi connectivity index (χ1v) is 22.6. The monoisotopic (exact) mass is 700 g/mol. The molecule has 6 nitrogen and oxygen atoms in total. The Bertz CT molecular complexity index is 783. The number of amides is 1. The highest BCUT2D eigenvalue weighted by molar-refractivity contribution is 7.52. The summed E-state index contributed by atoms with van der Waals surface area (Å²) in [5.41, 5.74) is 0. The van der Waals surface area contributed by atoms with Crippen molar-refractivity contribution in [2.75, 3.05) is 40.5 Å². The molecule has 1 unspecified atom stereocenters. The van der Waals surface area contributed by atoms with Crippen LogP contribution in [0.15, 0.2) is 12.2 Å². The number of unbranched alkanes of at least 4 members (excludes halogenated alkanes) is 25. The van der Waals surface area contributed by atoms with Crippen molar-refractivity contribution in [2.45, 2.75) is 206 Å². The molecule has 7 heteroatoms. The van der Waals surface area contributed by atoms with Crippen LogP contribution in [-0.2, 0) is 13.9 Å². The second kappa shape index (κ2) is 33.5. The van der Waals surface area contributed by atoms with E-state index in [1.165, 1.54) is 154 Å². The smallest absolute Gasteiger partial charge is 0.333 e. The minimum Gasteiger partial charge on any atom is -0.351 e. The quantitative estimate of drug-likeness (QED) is 0.0293. The average Bonchev–Trinajstić information content (AvgIpc) is 3.04. The van der Waals surface area contributed by atoms with Crippen LogP contribution in [-0.4, -0.2) is 61.8 Å². The zero-order valence-corrected chi connectivity index (χ0v) is 33.8. The molecule has 0 fully saturated rings. The third kappa shape index (κ3) is 36.6. The zero-order valence-electron chi connectivity index (χ0n) is 32.9. The number of rotatable bonds is 37. The molecular formula is C41H84N2O4P+. The van der Waals surface area contributed by atoms with Gasteiger partial charge in [0.2, 0.25) is 5.91 Å². The molecule has 2 N–H and O–H groups in total. The third-order valence-electron chi connectivity index (χ3n) is 9.46. The molecule has 0 saturated carbocycles. The van der Waals surface area contributed by atoms with Gasteiger partial charge in [0.05, 0.1) is 46.5 Å². The molecule has 0 aromatic heterocycles. The van der Waals surface area contributed by atoms with Crippen molar-refractivity contribution < 1.29 is 23.3 Å². The summed E-state index contributed by atoms with van der Waals surface area (Å²) in [6.07, 6.45) is 41.0. The maximum Gasteiger partial charge on any atom is 0.333 e. The number of nitrogens with zero attached hydrogens (tertiary/aromatic N) is 1. The number of allylic oxidation sites excluding steroid dienone is 1. The van der Waals surface area contributed by atoms with E-state index < -0.39 is 7.60 Å². The summed E-state index contributed by atoms with van der Waals surface area (Å²) in [7, 11) is 2.30. The van der Waals surface area contributed by atoms with Gasteiger partial charge in [-0.05, 0) is 25.7 Å². The predicted molar refractivity (Wildman–Crippen MR) is 210 cm³/mol. The molecule has 0 spiro atoms. The lowest BCUT2D eigenvalue weighted by Gasteiger charge is -2.25. The van der Waals surface area contributed by atoms with E-state index in [-0.39, 0.29) is 24.7 Å². The summed E-state index contributed by atoms with van der Waals surface area (Å²) >= 11 is 0. The van der Waals surface area contributed by atoms with Gasteiger partial charge >= 0.3 is 7.60 Å². The van der Waals surface area contributed by atoms with E-state index in [9.17, 15) is 14.3 Å². The van der Waals surface area contributed by atoms with E-state index >= 15 is 0 Å². The zero-order chi connectivity index (χ0) is 35.6.